The first-order valence-corrected chi connectivity index (χ1v) is 9.97. The Balaban J connectivity index is 1.66. The van der Waals surface area contributed by atoms with Crippen molar-refractivity contribution in [1.82, 2.24) is 14.9 Å². The van der Waals surface area contributed by atoms with Crippen molar-refractivity contribution in [3.63, 3.8) is 0 Å². The molecule has 1 amide bonds. The normalized spacial score (nSPS) is 19.2. The van der Waals surface area contributed by atoms with Crippen molar-refractivity contribution in [1.29, 1.82) is 0 Å². The van der Waals surface area contributed by atoms with Crippen LogP contribution in [0.4, 0.5) is 5.95 Å². The minimum absolute atomic E-state index is 0.105. The Morgan fingerprint density at radius 3 is 2.48 bits per heavy atom. The molecule has 0 spiro atoms. The van der Waals surface area contributed by atoms with E-state index in [0.29, 0.717) is 41.7 Å². The molecule has 1 N–H and O–H groups in total. The van der Waals surface area contributed by atoms with E-state index in [1.54, 1.807) is 9.80 Å². The maximum Gasteiger partial charge on any atom is 0.257 e. The molecule has 0 radical (unpaired) electrons. The summed E-state index contributed by atoms with van der Waals surface area (Å²) in [6.07, 6.45) is 4.31. The number of hydrogen-bond acceptors (Lipinski definition) is 6. The van der Waals surface area contributed by atoms with E-state index in [4.69, 9.17) is 16.3 Å². The monoisotopic (exact) mass is 418 g/mol. The van der Waals surface area contributed by atoms with Gasteiger partial charge in [-0.05, 0) is 49.9 Å². The topological polar surface area (TPSA) is 78.8 Å². The zero-order chi connectivity index (χ0) is 21.2. The second kappa shape index (κ2) is 8.55. The average Bonchev–Trinajstić information content (AvgIpc) is 2.70. The molecular weight excluding hydrogens is 392 g/mol. The molecule has 2 aromatic rings. The number of aliphatic hydroxyl groups is 1. The van der Waals surface area contributed by atoms with Crippen molar-refractivity contribution in [2.24, 2.45) is 0 Å². The molecule has 2 heterocycles. The molecule has 1 aromatic carbocycles. The van der Waals surface area contributed by atoms with E-state index >= 15 is 0 Å². The fraction of sp³-hybridized carbons (Fsp3) is 0.476. The molecule has 1 unspecified atom stereocenters. The number of benzene rings is 1. The lowest BCUT2D eigenvalue weighted by atomic mass is 9.93. The van der Waals surface area contributed by atoms with E-state index in [9.17, 15) is 9.90 Å². The molecule has 0 bridgehead atoms. The van der Waals surface area contributed by atoms with Gasteiger partial charge in [-0.1, -0.05) is 11.6 Å². The van der Waals surface area contributed by atoms with Gasteiger partial charge < -0.3 is 19.6 Å². The van der Waals surface area contributed by atoms with Crippen LogP contribution in [-0.2, 0) is 0 Å². The largest absolute Gasteiger partial charge is 0.491 e. The Hall–Kier alpha value is -2.38. The van der Waals surface area contributed by atoms with Gasteiger partial charge in [0.15, 0.2) is 0 Å². The molecule has 8 heteroatoms. The van der Waals surface area contributed by atoms with E-state index in [1.807, 2.05) is 40.1 Å². The molecule has 1 aromatic heterocycles. The number of nitrogens with zero attached hydrogens (tertiary/aromatic N) is 4. The van der Waals surface area contributed by atoms with Gasteiger partial charge in [-0.3, -0.25) is 4.79 Å². The number of carbonyl (C=O) groups is 1. The fourth-order valence-electron chi connectivity index (χ4n) is 3.46. The Labute approximate surface area is 176 Å². The lowest BCUT2D eigenvalue weighted by molar-refractivity contribution is -0.0532. The number of piperidine rings is 1. The molecule has 3 rings (SSSR count). The number of rotatable bonds is 5. The molecule has 7 nitrogen and oxygen atoms in total. The summed E-state index contributed by atoms with van der Waals surface area (Å²) >= 11 is 6.20. The SMILES string of the molecule is Cc1cc(OCC2(O)CCCN(C(=O)c3cnc(N(C)C)nc3)C2)cc(C)c1Cl. The summed E-state index contributed by atoms with van der Waals surface area (Å²) in [5, 5.41) is 11.7. The van der Waals surface area contributed by atoms with Crippen LogP contribution in [0.3, 0.4) is 0 Å². The highest BCUT2D eigenvalue weighted by Crippen LogP contribution is 2.28. The fourth-order valence-corrected chi connectivity index (χ4v) is 3.56. The highest BCUT2D eigenvalue weighted by Gasteiger charge is 2.36. The second-order valence-corrected chi connectivity index (χ2v) is 8.26. The number of carbonyl (C=O) groups excluding carboxylic acids is 1. The van der Waals surface area contributed by atoms with Crippen LogP contribution in [0.2, 0.25) is 5.02 Å². The number of amides is 1. The summed E-state index contributed by atoms with van der Waals surface area (Å²) in [6.45, 7) is 4.72. The number of β-amino-alcohol motifs (C(OH)–C–C–N with tert-alkyl or cyclic N) is 1. The Bertz CT molecular complexity index is 865. The third kappa shape index (κ3) is 4.97. The lowest BCUT2D eigenvalue weighted by Gasteiger charge is -2.39. The van der Waals surface area contributed by atoms with Gasteiger partial charge in [0, 0.05) is 38.1 Å². The van der Waals surface area contributed by atoms with E-state index < -0.39 is 5.60 Å². The summed E-state index contributed by atoms with van der Waals surface area (Å²) in [5.74, 6) is 1.01. The van der Waals surface area contributed by atoms with Gasteiger partial charge in [-0.25, -0.2) is 9.97 Å². The molecule has 1 atom stereocenters. The summed E-state index contributed by atoms with van der Waals surface area (Å²) in [7, 11) is 3.68. The standard InChI is InChI=1S/C21H27ClN4O3/c1-14-8-17(9-15(2)18(14)22)29-13-21(28)6-5-7-26(12-21)19(27)16-10-23-20(24-11-16)25(3)4/h8-11,28H,5-7,12-13H2,1-4H3. The molecule has 1 aliphatic heterocycles. The van der Waals surface area contributed by atoms with Gasteiger partial charge in [0.2, 0.25) is 5.95 Å². The van der Waals surface area contributed by atoms with Crippen LogP contribution in [0.5, 0.6) is 5.75 Å². The zero-order valence-electron chi connectivity index (χ0n) is 17.3. The van der Waals surface area contributed by atoms with Gasteiger partial charge >= 0.3 is 0 Å². The van der Waals surface area contributed by atoms with E-state index in [0.717, 1.165) is 11.1 Å². The number of anilines is 1. The van der Waals surface area contributed by atoms with Crippen LogP contribution in [-0.4, -0.2) is 65.3 Å². The van der Waals surface area contributed by atoms with Crippen LogP contribution >= 0.6 is 11.6 Å². The van der Waals surface area contributed by atoms with Gasteiger partial charge in [0.25, 0.3) is 5.91 Å². The van der Waals surface area contributed by atoms with Crippen LogP contribution < -0.4 is 9.64 Å². The first kappa shape index (κ1) is 21.3. The summed E-state index contributed by atoms with van der Waals surface area (Å²) in [4.78, 5) is 24.6. The van der Waals surface area contributed by atoms with Crippen molar-refractivity contribution < 1.29 is 14.6 Å². The van der Waals surface area contributed by atoms with Crippen LogP contribution in [0.1, 0.15) is 34.3 Å². The molecule has 0 aliphatic carbocycles. The summed E-state index contributed by atoms with van der Waals surface area (Å²) < 4.78 is 5.86. The third-order valence-electron chi connectivity index (χ3n) is 5.05. The highest BCUT2D eigenvalue weighted by molar-refractivity contribution is 6.32. The number of ether oxygens (including phenoxy) is 1. The first-order valence-electron chi connectivity index (χ1n) is 9.59. The van der Waals surface area contributed by atoms with Crippen molar-refractivity contribution in [2.75, 3.05) is 38.7 Å². The van der Waals surface area contributed by atoms with Gasteiger partial charge in [-0.15, -0.1) is 0 Å². The molecular formula is C21H27ClN4O3. The van der Waals surface area contributed by atoms with Crippen molar-refractivity contribution in [3.8, 4) is 5.75 Å². The predicted octanol–water partition coefficient (Wildman–Crippen LogP) is 2.86. The van der Waals surface area contributed by atoms with Crippen LogP contribution in [0.25, 0.3) is 0 Å². The smallest absolute Gasteiger partial charge is 0.257 e. The number of likely N-dealkylation sites (tertiary alicyclic amines) is 1. The average molecular weight is 419 g/mol. The van der Waals surface area contributed by atoms with Crippen LogP contribution in [0.15, 0.2) is 24.5 Å². The highest BCUT2D eigenvalue weighted by atomic mass is 35.5. The molecule has 29 heavy (non-hydrogen) atoms. The van der Waals surface area contributed by atoms with Crippen LogP contribution in [0, 0.1) is 13.8 Å². The quantitative estimate of drug-likeness (QED) is 0.804. The third-order valence-corrected chi connectivity index (χ3v) is 5.64. The van der Waals surface area contributed by atoms with Crippen molar-refractivity contribution in [2.45, 2.75) is 32.3 Å². The van der Waals surface area contributed by atoms with Gasteiger partial charge in [0.1, 0.15) is 18.0 Å². The minimum Gasteiger partial charge on any atom is -0.491 e. The molecule has 1 aliphatic rings. The summed E-state index contributed by atoms with van der Waals surface area (Å²) in [5.41, 5.74) is 1.15. The lowest BCUT2D eigenvalue weighted by Crippen LogP contribution is -2.53. The maximum absolute atomic E-state index is 12.8. The molecule has 156 valence electrons. The van der Waals surface area contributed by atoms with E-state index in [2.05, 4.69) is 9.97 Å². The second-order valence-electron chi connectivity index (χ2n) is 7.88. The summed E-state index contributed by atoms with van der Waals surface area (Å²) in [6, 6.07) is 3.71. The Morgan fingerprint density at radius 2 is 1.90 bits per heavy atom. The number of halogens is 1. The minimum atomic E-state index is -1.11. The number of aryl methyl sites for hydroxylation is 2. The Morgan fingerprint density at radius 1 is 1.28 bits per heavy atom. The van der Waals surface area contributed by atoms with Gasteiger partial charge in [-0.2, -0.15) is 0 Å². The molecule has 1 saturated heterocycles. The Kier molecular flexibility index (Phi) is 6.29. The van der Waals surface area contributed by atoms with Gasteiger partial charge in [0.05, 0.1) is 12.1 Å². The molecule has 0 saturated carbocycles. The van der Waals surface area contributed by atoms with Crippen molar-refractivity contribution >= 4 is 23.5 Å². The zero-order valence-corrected chi connectivity index (χ0v) is 18.0. The maximum atomic E-state index is 12.8. The number of hydrogen-bond donors (Lipinski definition) is 1. The van der Waals surface area contributed by atoms with E-state index in [1.165, 1.54) is 12.4 Å². The first-order chi connectivity index (χ1) is 13.7. The number of aromatic nitrogens is 2. The predicted molar refractivity (Wildman–Crippen MR) is 113 cm³/mol. The molecule has 1 fully saturated rings. The van der Waals surface area contributed by atoms with Crippen molar-refractivity contribution in [3.05, 3.63) is 46.2 Å². The van der Waals surface area contributed by atoms with E-state index in [-0.39, 0.29) is 19.1 Å².